The van der Waals surface area contributed by atoms with Crippen LogP contribution in [-0.4, -0.2) is 42.0 Å². The predicted octanol–water partition coefficient (Wildman–Crippen LogP) is 2.17. The summed E-state index contributed by atoms with van der Waals surface area (Å²) >= 11 is 0. The monoisotopic (exact) mass is 287 g/mol. The first kappa shape index (κ1) is 16.8. The fourth-order valence-corrected chi connectivity index (χ4v) is 2.48. The molecule has 0 radical (unpaired) electrons. The van der Waals surface area contributed by atoms with E-state index < -0.39 is 29.2 Å². The molecule has 1 amide bonds. The number of hydrogen-bond donors (Lipinski definition) is 2. The summed E-state index contributed by atoms with van der Waals surface area (Å²) in [4.78, 5) is 23.1. The van der Waals surface area contributed by atoms with Gasteiger partial charge in [-0.25, -0.2) is 4.79 Å². The molecule has 1 rings (SSSR count). The summed E-state index contributed by atoms with van der Waals surface area (Å²) in [7, 11) is 1.50. The van der Waals surface area contributed by atoms with E-state index in [0.717, 1.165) is 0 Å². The van der Waals surface area contributed by atoms with Crippen molar-refractivity contribution in [3.8, 4) is 0 Å². The molecular formula is C14H25NO5. The maximum Gasteiger partial charge on any atom is 0.407 e. The number of ether oxygens (including phenoxy) is 2. The average molecular weight is 287 g/mol. The second-order valence-corrected chi connectivity index (χ2v) is 6.56. The SMILES string of the molecule is CO[C@H]1C[C@@H](NC(=O)OC(C)(C)C)CC[C@]1(C)C(=O)O. The van der Waals surface area contributed by atoms with Gasteiger partial charge in [-0.05, 0) is 47.0 Å². The van der Waals surface area contributed by atoms with Gasteiger partial charge in [0.05, 0.1) is 11.5 Å². The Hall–Kier alpha value is -1.30. The van der Waals surface area contributed by atoms with Gasteiger partial charge in [-0.1, -0.05) is 0 Å². The van der Waals surface area contributed by atoms with Gasteiger partial charge in [-0.3, -0.25) is 4.79 Å². The molecule has 1 aliphatic rings. The largest absolute Gasteiger partial charge is 0.481 e. The van der Waals surface area contributed by atoms with Crippen molar-refractivity contribution in [2.24, 2.45) is 5.41 Å². The standard InChI is InChI=1S/C14H25NO5/c1-13(2,3)20-12(18)15-9-6-7-14(4,11(16)17)10(8-9)19-5/h9-10H,6-8H2,1-5H3,(H,15,18)(H,16,17)/t9-,10-,14-/m0/s1. The fraction of sp³-hybridized carbons (Fsp3) is 0.857. The Balaban J connectivity index is 2.61. The van der Waals surface area contributed by atoms with Crippen molar-refractivity contribution in [3.05, 3.63) is 0 Å². The molecule has 6 nitrogen and oxygen atoms in total. The lowest BCUT2D eigenvalue weighted by molar-refractivity contribution is -0.161. The van der Waals surface area contributed by atoms with E-state index in [2.05, 4.69) is 5.32 Å². The zero-order chi connectivity index (χ0) is 15.6. The molecule has 0 bridgehead atoms. The summed E-state index contributed by atoms with van der Waals surface area (Å²) in [6, 6.07) is -0.123. The third kappa shape index (κ3) is 4.10. The molecule has 0 aromatic carbocycles. The van der Waals surface area contributed by atoms with E-state index >= 15 is 0 Å². The Morgan fingerprint density at radius 1 is 1.35 bits per heavy atom. The second-order valence-electron chi connectivity index (χ2n) is 6.56. The number of alkyl carbamates (subject to hydrolysis) is 1. The lowest BCUT2D eigenvalue weighted by Gasteiger charge is -2.40. The Morgan fingerprint density at radius 3 is 2.40 bits per heavy atom. The lowest BCUT2D eigenvalue weighted by atomic mass is 9.71. The van der Waals surface area contributed by atoms with Gasteiger partial charge in [0.15, 0.2) is 0 Å². The van der Waals surface area contributed by atoms with E-state index in [0.29, 0.717) is 19.3 Å². The van der Waals surface area contributed by atoms with Crippen LogP contribution in [0.2, 0.25) is 0 Å². The number of amides is 1. The number of nitrogens with one attached hydrogen (secondary N) is 1. The fourth-order valence-electron chi connectivity index (χ4n) is 2.48. The zero-order valence-electron chi connectivity index (χ0n) is 12.9. The minimum atomic E-state index is -0.902. The van der Waals surface area contributed by atoms with Crippen molar-refractivity contribution in [2.45, 2.75) is 64.7 Å². The van der Waals surface area contributed by atoms with Crippen LogP contribution in [0.25, 0.3) is 0 Å². The summed E-state index contributed by atoms with van der Waals surface area (Å²) in [5.41, 5.74) is -1.45. The van der Waals surface area contributed by atoms with Crippen LogP contribution in [0.15, 0.2) is 0 Å². The average Bonchev–Trinajstić information content (AvgIpc) is 2.29. The number of aliphatic carboxylic acids is 1. The topological polar surface area (TPSA) is 84.9 Å². The van der Waals surface area contributed by atoms with Crippen molar-refractivity contribution >= 4 is 12.1 Å². The van der Waals surface area contributed by atoms with Crippen molar-refractivity contribution in [1.29, 1.82) is 0 Å². The van der Waals surface area contributed by atoms with Gasteiger partial charge in [-0.15, -0.1) is 0 Å². The highest BCUT2D eigenvalue weighted by Crippen LogP contribution is 2.38. The van der Waals surface area contributed by atoms with Gasteiger partial charge in [0.1, 0.15) is 5.60 Å². The van der Waals surface area contributed by atoms with Crippen LogP contribution in [-0.2, 0) is 14.3 Å². The van der Waals surface area contributed by atoms with Gasteiger partial charge in [0.2, 0.25) is 0 Å². The van der Waals surface area contributed by atoms with Crippen LogP contribution in [0.3, 0.4) is 0 Å². The van der Waals surface area contributed by atoms with Gasteiger partial charge < -0.3 is 19.9 Å². The smallest absolute Gasteiger partial charge is 0.407 e. The normalized spacial score (nSPS) is 30.6. The first-order chi connectivity index (χ1) is 9.08. The molecule has 0 aromatic heterocycles. The van der Waals surface area contributed by atoms with E-state index in [1.54, 1.807) is 27.7 Å². The molecule has 20 heavy (non-hydrogen) atoms. The molecule has 0 unspecified atom stereocenters. The van der Waals surface area contributed by atoms with E-state index in [1.165, 1.54) is 7.11 Å². The molecule has 1 fully saturated rings. The van der Waals surface area contributed by atoms with Gasteiger partial charge in [-0.2, -0.15) is 0 Å². The van der Waals surface area contributed by atoms with E-state index in [-0.39, 0.29) is 6.04 Å². The quantitative estimate of drug-likeness (QED) is 0.831. The Bertz CT molecular complexity index is 376. The molecule has 0 aliphatic heterocycles. The van der Waals surface area contributed by atoms with Crippen molar-refractivity contribution in [2.75, 3.05) is 7.11 Å². The van der Waals surface area contributed by atoms with Gasteiger partial charge in [0.25, 0.3) is 0 Å². The molecule has 6 heteroatoms. The Morgan fingerprint density at radius 2 is 1.95 bits per heavy atom. The van der Waals surface area contributed by atoms with E-state index in [1.807, 2.05) is 0 Å². The van der Waals surface area contributed by atoms with E-state index in [4.69, 9.17) is 9.47 Å². The first-order valence-electron chi connectivity index (χ1n) is 6.84. The summed E-state index contributed by atoms with van der Waals surface area (Å²) in [6.07, 6.45) is 0.631. The molecule has 1 saturated carbocycles. The maximum absolute atomic E-state index is 11.7. The number of methoxy groups -OCH3 is 1. The molecular weight excluding hydrogens is 262 g/mol. The Kier molecular flexibility index (Phi) is 5.02. The highest BCUT2D eigenvalue weighted by molar-refractivity contribution is 5.75. The number of hydrogen-bond acceptors (Lipinski definition) is 4. The number of rotatable bonds is 3. The number of carbonyl (C=O) groups is 2. The van der Waals surface area contributed by atoms with Crippen LogP contribution < -0.4 is 5.32 Å². The van der Waals surface area contributed by atoms with Crippen LogP contribution in [0.4, 0.5) is 4.79 Å². The first-order valence-corrected chi connectivity index (χ1v) is 6.84. The molecule has 2 N–H and O–H groups in total. The van der Waals surface area contributed by atoms with Crippen LogP contribution in [0, 0.1) is 5.41 Å². The molecule has 0 aromatic rings. The van der Waals surface area contributed by atoms with Crippen molar-refractivity contribution in [1.82, 2.24) is 5.32 Å². The highest BCUT2D eigenvalue weighted by atomic mass is 16.6. The number of carbonyl (C=O) groups excluding carboxylic acids is 1. The summed E-state index contributed by atoms with van der Waals surface area (Å²) in [6.45, 7) is 7.08. The van der Waals surface area contributed by atoms with Gasteiger partial charge >= 0.3 is 12.1 Å². The third-order valence-corrected chi connectivity index (χ3v) is 3.72. The highest BCUT2D eigenvalue weighted by Gasteiger charge is 2.46. The summed E-state index contributed by atoms with van der Waals surface area (Å²) in [5.74, 6) is -0.861. The lowest BCUT2D eigenvalue weighted by Crippen LogP contribution is -2.51. The molecule has 0 heterocycles. The van der Waals surface area contributed by atoms with Crippen LogP contribution in [0.5, 0.6) is 0 Å². The third-order valence-electron chi connectivity index (χ3n) is 3.72. The van der Waals surface area contributed by atoms with E-state index in [9.17, 15) is 14.7 Å². The van der Waals surface area contributed by atoms with Crippen LogP contribution in [0.1, 0.15) is 47.0 Å². The summed E-state index contributed by atoms with van der Waals surface area (Å²) < 4.78 is 10.5. The molecule has 116 valence electrons. The molecule has 1 aliphatic carbocycles. The van der Waals surface area contributed by atoms with Crippen molar-refractivity contribution < 1.29 is 24.2 Å². The minimum Gasteiger partial charge on any atom is -0.481 e. The summed E-state index contributed by atoms with van der Waals surface area (Å²) in [5, 5.41) is 12.1. The van der Waals surface area contributed by atoms with Crippen LogP contribution >= 0.6 is 0 Å². The zero-order valence-corrected chi connectivity index (χ0v) is 12.9. The van der Waals surface area contributed by atoms with Gasteiger partial charge in [0, 0.05) is 13.2 Å². The van der Waals surface area contributed by atoms with Crippen molar-refractivity contribution in [3.63, 3.8) is 0 Å². The molecule has 0 spiro atoms. The predicted molar refractivity (Wildman–Crippen MR) is 73.5 cm³/mol. The molecule has 3 atom stereocenters. The number of carboxylic acid groups (broad SMARTS) is 1. The Labute approximate surface area is 119 Å². The minimum absolute atomic E-state index is 0.123. The maximum atomic E-state index is 11.7. The second kappa shape index (κ2) is 5.99. The number of carboxylic acids is 1. The molecule has 0 saturated heterocycles.